The van der Waals surface area contributed by atoms with Crippen LogP contribution in [-0.4, -0.2) is 92.5 Å². The van der Waals surface area contributed by atoms with Gasteiger partial charge in [-0.25, -0.2) is 5.01 Å². The quantitative estimate of drug-likeness (QED) is 0.456. The first-order valence-corrected chi connectivity index (χ1v) is 13.3. The number of hydrogen-bond donors (Lipinski definition) is 0. The number of morpholine rings is 1. The second kappa shape index (κ2) is 13.1. The summed E-state index contributed by atoms with van der Waals surface area (Å²) in [5.74, 6) is 0.924. The summed E-state index contributed by atoms with van der Waals surface area (Å²) < 4.78 is 16.5. The molecular formula is C28H35ClN4O5. The maximum Gasteiger partial charge on any atom is 0.262 e. The largest absolute Gasteiger partial charge is 0.497 e. The molecule has 2 aliphatic rings. The van der Waals surface area contributed by atoms with Crippen molar-refractivity contribution in [1.29, 1.82) is 0 Å². The Morgan fingerprint density at radius 1 is 1.13 bits per heavy atom. The van der Waals surface area contributed by atoms with Crippen molar-refractivity contribution in [2.75, 3.05) is 60.2 Å². The second-order valence-electron chi connectivity index (χ2n) is 9.22. The average Bonchev–Trinajstić information content (AvgIpc) is 3.40. The first kappa shape index (κ1) is 27.9. The predicted molar refractivity (Wildman–Crippen MR) is 146 cm³/mol. The summed E-state index contributed by atoms with van der Waals surface area (Å²) in [6.45, 7) is 5.87. The molecule has 2 aromatic carbocycles. The Balaban J connectivity index is 1.62. The van der Waals surface area contributed by atoms with Crippen molar-refractivity contribution in [1.82, 2.24) is 14.8 Å². The summed E-state index contributed by atoms with van der Waals surface area (Å²) in [6, 6.07) is 12.5. The number of carbonyl (C=O) groups excluding carboxylic acids is 2. The molecule has 1 atom stereocenters. The Bertz CT molecular complexity index is 1170. The number of hydrogen-bond acceptors (Lipinski definition) is 7. The number of rotatable bonds is 10. The van der Waals surface area contributed by atoms with E-state index in [0.29, 0.717) is 61.4 Å². The Hall–Kier alpha value is -3.14. The van der Waals surface area contributed by atoms with Gasteiger partial charge in [-0.15, -0.1) is 0 Å². The van der Waals surface area contributed by atoms with E-state index in [-0.39, 0.29) is 18.4 Å². The molecule has 2 aliphatic heterocycles. The van der Waals surface area contributed by atoms with Gasteiger partial charge < -0.3 is 19.1 Å². The monoisotopic (exact) mass is 542 g/mol. The molecule has 4 rings (SSSR count). The van der Waals surface area contributed by atoms with E-state index in [1.54, 1.807) is 25.2 Å². The van der Waals surface area contributed by atoms with Gasteiger partial charge in [-0.3, -0.25) is 14.5 Å². The average molecular weight is 543 g/mol. The van der Waals surface area contributed by atoms with E-state index in [9.17, 15) is 9.59 Å². The van der Waals surface area contributed by atoms with E-state index in [0.717, 1.165) is 24.2 Å². The van der Waals surface area contributed by atoms with Crippen molar-refractivity contribution >= 4 is 29.1 Å². The topological polar surface area (TPSA) is 83.9 Å². The molecule has 1 saturated heterocycles. The summed E-state index contributed by atoms with van der Waals surface area (Å²) in [7, 11) is 3.19. The van der Waals surface area contributed by atoms with Gasteiger partial charge in [0, 0.05) is 55.2 Å². The van der Waals surface area contributed by atoms with Crippen LogP contribution in [0.5, 0.6) is 11.5 Å². The molecule has 9 nitrogen and oxygen atoms in total. The molecule has 2 amide bonds. The van der Waals surface area contributed by atoms with Gasteiger partial charge in [-0.1, -0.05) is 36.7 Å². The summed E-state index contributed by atoms with van der Waals surface area (Å²) >= 11 is 6.50. The van der Waals surface area contributed by atoms with Crippen LogP contribution in [0.4, 0.5) is 0 Å². The van der Waals surface area contributed by atoms with E-state index in [2.05, 4.69) is 4.90 Å². The van der Waals surface area contributed by atoms with Crippen molar-refractivity contribution < 1.29 is 23.8 Å². The fraction of sp³-hybridized carbons (Fsp3) is 0.464. The van der Waals surface area contributed by atoms with Gasteiger partial charge in [-0.2, -0.15) is 5.10 Å². The number of carbonyl (C=O) groups is 2. The second-order valence-corrected chi connectivity index (χ2v) is 9.62. The molecule has 1 fully saturated rings. The lowest BCUT2D eigenvalue weighted by molar-refractivity contribution is -0.141. The number of nitrogens with zero attached hydrogens (tertiary/aromatic N) is 4. The number of hydrazone groups is 1. The highest BCUT2D eigenvalue weighted by molar-refractivity contribution is 6.34. The van der Waals surface area contributed by atoms with Gasteiger partial charge >= 0.3 is 0 Å². The van der Waals surface area contributed by atoms with Gasteiger partial charge in [0.15, 0.2) is 0 Å². The lowest BCUT2D eigenvalue weighted by atomic mass is 9.97. The van der Waals surface area contributed by atoms with Crippen LogP contribution in [0.15, 0.2) is 47.6 Å². The Labute approximate surface area is 228 Å². The fourth-order valence-electron chi connectivity index (χ4n) is 4.78. The van der Waals surface area contributed by atoms with Crippen molar-refractivity contribution in [2.45, 2.75) is 25.8 Å². The molecule has 38 heavy (non-hydrogen) atoms. The van der Waals surface area contributed by atoms with Gasteiger partial charge in [0.2, 0.25) is 5.91 Å². The molecule has 0 aliphatic carbocycles. The number of benzene rings is 2. The van der Waals surface area contributed by atoms with Crippen LogP contribution in [0.1, 0.15) is 36.9 Å². The standard InChI is InChI=1S/C28H35ClN4O5/c1-4-27(34)32(12-11-31-13-15-38-16-14-31)19-28(35)33-25(22-17-20(36-2)9-10-26(22)37-3)18-24(30-33)21-7-5-6-8-23(21)29/h5-10,17,25H,4,11-16,18-19H2,1-3H3. The smallest absolute Gasteiger partial charge is 0.262 e. The highest BCUT2D eigenvalue weighted by atomic mass is 35.5. The van der Waals surface area contributed by atoms with Crippen molar-refractivity contribution in [3.05, 3.63) is 58.6 Å². The van der Waals surface area contributed by atoms with Crippen molar-refractivity contribution in [3.63, 3.8) is 0 Å². The van der Waals surface area contributed by atoms with Crippen LogP contribution >= 0.6 is 11.6 Å². The molecule has 0 saturated carbocycles. The van der Waals surface area contributed by atoms with Gasteiger partial charge in [0.25, 0.3) is 5.91 Å². The van der Waals surface area contributed by atoms with Crippen LogP contribution in [0.3, 0.4) is 0 Å². The number of ether oxygens (including phenoxy) is 3. The Kier molecular flexibility index (Phi) is 9.60. The highest BCUT2D eigenvalue weighted by Crippen LogP contribution is 2.40. The normalized spacial score (nSPS) is 17.7. The molecule has 0 N–H and O–H groups in total. The maximum absolute atomic E-state index is 13.8. The Morgan fingerprint density at radius 2 is 1.89 bits per heavy atom. The first-order valence-electron chi connectivity index (χ1n) is 12.9. The van der Waals surface area contributed by atoms with Gasteiger partial charge in [0.05, 0.1) is 39.2 Å². The van der Waals surface area contributed by atoms with E-state index in [1.165, 1.54) is 5.01 Å². The van der Waals surface area contributed by atoms with E-state index in [4.69, 9.17) is 30.9 Å². The zero-order valence-corrected chi connectivity index (χ0v) is 22.9. The summed E-state index contributed by atoms with van der Waals surface area (Å²) in [5, 5.41) is 6.78. The van der Waals surface area contributed by atoms with E-state index in [1.807, 2.05) is 43.3 Å². The maximum atomic E-state index is 13.8. The van der Waals surface area contributed by atoms with E-state index >= 15 is 0 Å². The molecule has 2 heterocycles. The number of methoxy groups -OCH3 is 2. The molecule has 0 bridgehead atoms. The summed E-state index contributed by atoms with van der Waals surface area (Å²) in [5.41, 5.74) is 2.23. The first-order chi connectivity index (χ1) is 18.4. The highest BCUT2D eigenvalue weighted by Gasteiger charge is 2.36. The number of halogens is 1. The van der Waals surface area contributed by atoms with Crippen LogP contribution in [-0.2, 0) is 14.3 Å². The minimum atomic E-state index is -0.448. The lowest BCUT2D eigenvalue weighted by Crippen LogP contribution is -2.46. The summed E-state index contributed by atoms with van der Waals surface area (Å²) in [4.78, 5) is 30.5. The van der Waals surface area contributed by atoms with Crippen molar-refractivity contribution in [2.24, 2.45) is 5.10 Å². The predicted octanol–water partition coefficient (Wildman–Crippen LogP) is 3.61. The van der Waals surface area contributed by atoms with Crippen LogP contribution in [0, 0.1) is 0 Å². The zero-order valence-electron chi connectivity index (χ0n) is 22.2. The zero-order chi connectivity index (χ0) is 27.1. The number of amides is 2. The van der Waals surface area contributed by atoms with Gasteiger partial charge in [-0.05, 0) is 24.3 Å². The SMILES string of the molecule is CCC(=O)N(CCN1CCOCC1)CC(=O)N1N=C(c2ccccc2Cl)CC1c1cc(OC)ccc1OC. The minimum absolute atomic E-state index is 0.0703. The minimum Gasteiger partial charge on any atom is -0.497 e. The fourth-order valence-corrected chi connectivity index (χ4v) is 5.02. The van der Waals surface area contributed by atoms with Crippen LogP contribution in [0.2, 0.25) is 5.02 Å². The molecule has 0 radical (unpaired) electrons. The molecule has 0 aromatic heterocycles. The van der Waals surface area contributed by atoms with Crippen LogP contribution in [0.25, 0.3) is 0 Å². The lowest BCUT2D eigenvalue weighted by Gasteiger charge is -2.31. The molecule has 0 spiro atoms. The van der Waals surface area contributed by atoms with Crippen molar-refractivity contribution in [3.8, 4) is 11.5 Å². The van der Waals surface area contributed by atoms with Gasteiger partial charge in [0.1, 0.15) is 18.0 Å². The van der Waals surface area contributed by atoms with Crippen LogP contribution < -0.4 is 9.47 Å². The third kappa shape index (κ3) is 6.46. The third-order valence-electron chi connectivity index (χ3n) is 6.92. The third-order valence-corrected chi connectivity index (χ3v) is 7.25. The molecule has 204 valence electrons. The molecular weight excluding hydrogens is 508 g/mol. The Morgan fingerprint density at radius 3 is 2.58 bits per heavy atom. The molecule has 1 unspecified atom stereocenters. The summed E-state index contributed by atoms with van der Waals surface area (Å²) in [6.07, 6.45) is 0.756. The molecule has 2 aromatic rings. The van der Waals surface area contributed by atoms with E-state index < -0.39 is 6.04 Å². The molecule has 10 heteroatoms.